The van der Waals surface area contributed by atoms with Crippen LogP contribution in [0, 0.1) is 15.9 Å². The zero-order chi connectivity index (χ0) is 10.9. The predicted octanol–water partition coefficient (Wildman–Crippen LogP) is 2.59. The van der Waals surface area contributed by atoms with Gasteiger partial charge in [-0.2, -0.15) is 0 Å². The highest BCUT2D eigenvalue weighted by Gasteiger charge is 2.22. The molecule has 1 aromatic rings. The molecule has 4 nitrogen and oxygen atoms in total. The maximum absolute atomic E-state index is 13.1. The number of nitro benzene ring substituents is 1. The first-order chi connectivity index (χ1) is 6.43. The number of carbonyl (C=O) groups is 1. The molecular formula is C8H5ClFNO3. The molecule has 0 fully saturated rings. The quantitative estimate of drug-likeness (QED) is 0.435. The molecule has 0 aliphatic rings. The van der Waals surface area contributed by atoms with Gasteiger partial charge in [-0.05, 0) is 13.0 Å². The van der Waals surface area contributed by atoms with Crippen molar-refractivity contribution in [2.24, 2.45) is 0 Å². The van der Waals surface area contributed by atoms with Gasteiger partial charge in [-0.1, -0.05) is 11.6 Å². The van der Waals surface area contributed by atoms with Gasteiger partial charge in [-0.15, -0.1) is 0 Å². The highest BCUT2D eigenvalue weighted by molar-refractivity contribution is 6.31. The van der Waals surface area contributed by atoms with Gasteiger partial charge in [-0.25, -0.2) is 4.39 Å². The van der Waals surface area contributed by atoms with Gasteiger partial charge in [0.2, 0.25) is 0 Å². The fourth-order valence-electron chi connectivity index (χ4n) is 1.05. The average Bonchev–Trinajstić information content (AvgIpc) is 2.01. The SMILES string of the molecule is CC(=O)c1c(F)cc(Cl)cc1[N+](=O)[O-]. The molecule has 0 saturated heterocycles. The van der Waals surface area contributed by atoms with Crippen LogP contribution in [-0.4, -0.2) is 10.7 Å². The smallest absolute Gasteiger partial charge is 0.284 e. The number of nitrogens with zero attached hydrogens (tertiary/aromatic N) is 1. The molecule has 1 rings (SSSR count). The van der Waals surface area contributed by atoms with Crippen molar-refractivity contribution < 1.29 is 14.1 Å². The molecule has 74 valence electrons. The number of carbonyl (C=O) groups excluding carboxylic acids is 1. The van der Waals surface area contributed by atoms with Gasteiger partial charge in [0, 0.05) is 6.07 Å². The fraction of sp³-hybridized carbons (Fsp3) is 0.125. The summed E-state index contributed by atoms with van der Waals surface area (Å²) in [6, 6.07) is 1.81. The van der Waals surface area contributed by atoms with E-state index in [4.69, 9.17) is 11.6 Å². The van der Waals surface area contributed by atoms with Crippen LogP contribution in [0.3, 0.4) is 0 Å². The topological polar surface area (TPSA) is 60.2 Å². The monoisotopic (exact) mass is 217 g/mol. The molecule has 0 bridgehead atoms. The Kier molecular flexibility index (Phi) is 2.81. The van der Waals surface area contributed by atoms with Crippen LogP contribution < -0.4 is 0 Å². The van der Waals surface area contributed by atoms with Gasteiger partial charge in [0.25, 0.3) is 5.69 Å². The van der Waals surface area contributed by atoms with Gasteiger partial charge >= 0.3 is 0 Å². The molecule has 1 aromatic carbocycles. The van der Waals surface area contributed by atoms with E-state index in [0.717, 1.165) is 19.1 Å². The summed E-state index contributed by atoms with van der Waals surface area (Å²) in [4.78, 5) is 20.5. The third-order valence-corrected chi connectivity index (χ3v) is 1.80. The Hall–Kier alpha value is -1.49. The van der Waals surface area contributed by atoms with Gasteiger partial charge in [0.15, 0.2) is 5.78 Å². The molecule has 0 radical (unpaired) electrons. The predicted molar refractivity (Wildman–Crippen MR) is 48.1 cm³/mol. The van der Waals surface area contributed by atoms with Crippen LogP contribution in [0.4, 0.5) is 10.1 Å². The first-order valence-corrected chi connectivity index (χ1v) is 3.95. The first-order valence-electron chi connectivity index (χ1n) is 3.58. The molecule has 0 aromatic heterocycles. The number of hydrogen-bond acceptors (Lipinski definition) is 3. The standard InChI is InChI=1S/C8H5ClFNO3/c1-4(12)8-6(10)2-5(9)3-7(8)11(13)14/h2-3H,1H3. The maximum Gasteiger partial charge on any atom is 0.284 e. The Morgan fingerprint density at radius 2 is 2.14 bits per heavy atom. The number of ketones is 1. The Balaban J connectivity index is 3.52. The largest absolute Gasteiger partial charge is 0.294 e. The third kappa shape index (κ3) is 1.88. The summed E-state index contributed by atoms with van der Waals surface area (Å²) in [6.07, 6.45) is 0. The second kappa shape index (κ2) is 3.71. The van der Waals surface area contributed by atoms with Crippen LogP contribution >= 0.6 is 11.6 Å². The van der Waals surface area contributed by atoms with Crippen LogP contribution in [0.25, 0.3) is 0 Å². The highest BCUT2D eigenvalue weighted by atomic mass is 35.5. The molecule has 0 aliphatic heterocycles. The second-order valence-electron chi connectivity index (χ2n) is 2.60. The van der Waals surface area contributed by atoms with E-state index < -0.39 is 27.8 Å². The van der Waals surface area contributed by atoms with Crippen LogP contribution in [0.15, 0.2) is 12.1 Å². The number of hydrogen-bond donors (Lipinski definition) is 0. The number of halogens is 2. The molecule has 0 unspecified atom stereocenters. The van der Waals surface area contributed by atoms with Gasteiger partial charge in [-0.3, -0.25) is 14.9 Å². The molecule has 0 aliphatic carbocycles. The minimum absolute atomic E-state index is 0.112. The van der Waals surface area contributed by atoms with E-state index in [1.807, 2.05) is 0 Å². The molecule has 14 heavy (non-hydrogen) atoms. The highest BCUT2D eigenvalue weighted by Crippen LogP contribution is 2.26. The van der Waals surface area contributed by atoms with Gasteiger partial charge in [0.1, 0.15) is 11.4 Å². The van der Waals surface area contributed by atoms with Crippen LogP contribution in [-0.2, 0) is 0 Å². The van der Waals surface area contributed by atoms with Crippen molar-refractivity contribution in [1.82, 2.24) is 0 Å². The van der Waals surface area contributed by atoms with E-state index in [1.165, 1.54) is 0 Å². The molecule has 0 saturated carbocycles. The Morgan fingerprint density at radius 3 is 2.57 bits per heavy atom. The summed E-state index contributed by atoms with van der Waals surface area (Å²) in [5.74, 6) is -1.68. The van der Waals surface area contributed by atoms with Crippen molar-refractivity contribution in [3.05, 3.63) is 38.7 Å². The lowest BCUT2D eigenvalue weighted by Gasteiger charge is -2.00. The average molecular weight is 218 g/mol. The first kappa shape index (κ1) is 10.6. The minimum Gasteiger partial charge on any atom is -0.294 e. The Labute approximate surface area is 83.4 Å². The van der Waals surface area contributed by atoms with Crippen molar-refractivity contribution in [3.63, 3.8) is 0 Å². The lowest BCUT2D eigenvalue weighted by molar-refractivity contribution is -0.385. The summed E-state index contributed by atoms with van der Waals surface area (Å²) in [6.45, 7) is 1.05. The van der Waals surface area contributed by atoms with E-state index in [1.54, 1.807) is 0 Å². The van der Waals surface area contributed by atoms with Crippen LogP contribution in [0.5, 0.6) is 0 Å². The normalized spacial score (nSPS) is 9.93. The lowest BCUT2D eigenvalue weighted by atomic mass is 10.1. The molecule has 0 heterocycles. The fourth-order valence-corrected chi connectivity index (χ4v) is 1.25. The molecule has 0 atom stereocenters. The maximum atomic E-state index is 13.1. The second-order valence-corrected chi connectivity index (χ2v) is 3.03. The Morgan fingerprint density at radius 1 is 1.57 bits per heavy atom. The molecule has 0 amide bonds. The van der Waals surface area contributed by atoms with Crippen molar-refractivity contribution in [3.8, 4) is 0 Å². The lowest BCUT2D eigenvalue weighted by Crippen LogP contribution is -2.03. The zero-order valence-corrected chi connectivity index (χ0v) is 7.84. The van der Waals surface area contributed by atoms with Crippen molar-refractivity contribution in [1.29, 1.82) is 0 Å². The van der Waals surface area contributed by atoms with E-state index in [-0.39, 0.29) is 5.02 Å². The Bertz CT molecular complexity index is 419. The van der Waals surface area contributed by atoms with E-state index in [2.05, 4.69) is 0 Å². The number of nitro groups is 1. The molecule has 0 spiro atoms. The number of benzene rings is 1. The third-order valence-electron chi connectivity index (χ3n) is 1.58. The summed E-state index contributed by atoms with van der Waals surface area (Å²) in [7, 11) is 0. The van der Waals surface area contributed by atoms with Crippen molar-refractivity contribution in [2.45, 2.75) is 6.92 Å². The van der Waals surface area contributed by atoms with E-state index >= 15 is 0 Å². The summed E-state index contributed by atoms with van der Waals surface area (Å²) >= 11 is 5.42. The summed E-state index contributed by atoms with van der Waals surface area (Å²) in [5.41, 5.74) is -1.15. The number of rotatable bonds is 2. The molecular weight excluding hydrogens is 213 g/mol. The van der Waals surface area contributed by atoms with Crippen molar-refractivity contribution >= 4 is 23.1 Å². The minimum atomic E-state index is -0.975. The van der Waals surface area contributed by atoms with Crippen LogP contribution in [0.2, 0.25) is 5.02 Å². The molecule has 0 N–H and O–H groups in total. The van der Waals surface area contributed by atoms with Gasteiger partial charge in [0.05, 0.1) is 9.95 Å². The summed E-state index contributed by atoms with van der Waals surface area (Å²) < 4.78 is 13.1. The van der Waals surface area contributed by atoms with Crippen LogP contribution in [0.1, 0.15) is 17.3 Å². The summed E-state index contributed by atoms with van der Waals surface area (Å²) in [5, 5.41) is 10.3. The number of Topliss-reactive ketones (excluding diaryl/α,β-unsaturated/α-hetero) is 1. The van der Waals surface area contributed by atoms with Gasteiger partial charge < -0.3 is 0 Å². The van der Waals surface area contributed by atoms with E-state index in [0.29, 0.717) is 0 Å². The molecule has 6 heteroatoms. The van der Waals surface area contributed by atoms with Crippen molar-refractivity contribution in [2.75, 3.05) is 0 Å². The van der Waals surface area contributed by atoms with E-state index in [9.17, 15) is 19.3 Å². The zero-order valence-electron chi connectivity index (χ0n) is 7.08.